The molecule has 1 fully saturated rings. The largest absolute Gasteiger partial charge is 0.326 e. The van der Waals surface area contributed by atoms with Gasteiger partial charge in [-0.15, -0.1) is 12.4 Å². The monoisotopic (exact) mass is 381 g/mol. The molecule has 0 bridgehead atoms. The van der Waals surface area contributed by atoms with Crippen LogP contribution in [0.2, 0.25) is 0 Å². The number of nitrogens with zero attached hydrogens (tertiary/aromatic N) is 1. The van der Waals surface area contributed by atoms with E-state index in [-0.39, 0.29) is 18.4 Å². The molecule has 1 saturated heterocycles. The van der Waals surface area contributed by atoms with Crippen LogP contribution in [0.1, 0.15) is 11.5 Å². The van der Waals surface area contributed by atoms with E-state index in [2.05, 4.69) is 21.8 Å². The Morgan fingerprint density at radius 1 is 1.00 bits per heavy atom. The third-order valence-corrected chi connectivity index (χ3v) is 5.92. The smallest absolute Gasteiger partial charge is 0.240 e. The van der Waals surface area contributed by atoms with Crippen LogP contribution in [-0.4, -0.2) is 45.5 Å². The van der Waals surface area contributed by atoms with Gasteiger partial charge in [0.2, 0.25) is 10.0 Å². The molecule has 5 nitrogen and oxygen atoms in total. The fourth-order valence-electron chi connectivity index (χ4n) is 3.17. The van der Waals surface area contributed by atoms with E-state index in [9.17, 15) is 8.42 Å². The van der Waals surface area contributed by atoms with E-state index in [4.69, 9.17) is 5.73 Å². The molecule has 2 aromatic rings. The Hall–Kier alpha value is -1.44. The maximum absolute atomic E-state index is 12.2. The summed E-state index contributed by atoms with van der Waals surface area (Å²) in [5.41, 5.74) is 7.52. The summed E-state index contributed by atoms with van der Waals surface area (Å²) in [6.45, 7) is 2.68. The predicted molar refractivity (Wildman–Crippen MR) is 102 cm³/mol. The Bertz CT molecular complexity index is 756. The normalized spacial score (nSPS) is 21.0. The number of nitrogens with one attached hydrogen (secondary N) is 1. The van der Waals surface area contributed by atoms with Crippen LogP contribution in [0.4, 0.5) is 0 Å². The first-order valence-electron chi connectivity index (χ1n) is 8.14. The van der Waals surface area contributed by atoms with E-state index in [1.807, 2.05) is 18.2 Å². The minimum Gasteiger partial charge on any atom is -0.326 e. The van der Waals surface area contributed by atoms with E-state index in [0.717, 1.165) is 13.1 Å². The van der Waals surface area contributed by atoms with Gasteiger partial charge in [-0.05, 0) is 17.7 Å². The fourth-order valence-corrected chi connectivity index (χ4v) is 4.21. The van der Waals surface area contributed by atoms with Crippen molar-refractivity contribution in [1.82, 2.24) is 9.62 Å². The summed E-state index contributed by atoms with van der Waals surface area (Å²) in [5, 5.41) is 0. The third-order valence-electron chi connectivity index (χ3n) is 4.44. The molecule has 3 N–H and O–H groups in total. The first-order valence-corrected chi connectivity index (χ1v) is 9.62. The standard InChI is InChI=1S/C18H23N3O2S.ClH/c19-18-14-21(13-17(18)15-7-3-1-4-8-15)12-11-20-24(22,23)16-9-5-2-6-10-16;/h1-10,17-18,20H,11-14,19H2;1H/t17-,18+;/m0./s1. The van der Waals surface area contributed by atoms with Crippen LogP contribution in [0.5, 0.6) is 0 Å². The van der Waals surface area contributed by atoms with Gasteiger partial charge in [-0.1, -0.05) is 48.5 Å². The van der Waals surface area contributed by atoms with Gasteiger partial charge >= 0.3 is 0 Å². The maximum atomic E-state index is 12.2. The van der Waals surface area contributed by atoms with E-state index in [0.29, 0.717) is 23.9 Å². The molecule has 0 saturated carbocycles. The molecule has 0 amide bonds. The van der Waals surface area contributed by atoms with E-state index >= 15 is 0 Å². The number of nitrogens with two attached hydrogens (primary N) is 1. The van der Waals surface area contributed by atoms with Gasteiger partial charge in [0.25, 0.3) is 0 Å². The van der Waals surface area contributed by atoms with Crippen molar-refractivity contribution in [2.45, 2.75) is 16.9 Å². The molecule has 25 heavy (non-hydrogen) atoms. The average molecular weight is 382 g/mol. The molecular weight excluding hydrogens is 358 g/mol. The van der Waals surface area contributed by atoms with Crippen LogP contribution in [0.3, 0.4) is 0 Å². The molecule has 1 aliphatic rings. The van der Waals surface area contributed by atoms with Crippen molar-refractivity contribution in [2.75, 3.05) is 26.2 Å². The molecule has 2 aromatic carbocycles. The molecule has 0 spiro atoms. The highest BCUT2D eigenvalue weighted by Crippen LogP contribution is 2.25. The summed E-state index contributed by atoms with van der Waals surface area (Å²) in [5.74, 6) is 0.303. The number of benzene rings is 2. The summed E-state index contributed by atoms with van der Waals surface area (Å²) in [4.78, 5) is 2.51. The second-order valence-electron chi connectivity index (χ2n) is 6.15. The Balaban J connectivity index is 0.00000225. The Morgan fingerprint density at radius 3 is 2.24 bits per heavy atom. The average Bonchev–Trinajstić information content (AvgIpc) is 2.97. The Morgan fingerprint density at radius 2 is 1.60 bits per heavy atom. The second kappa shape index (κ2) is 8.78. The van der Waals surface area contributed by atoms with Gasteiger partial charge < -0.3 is 5.73 Å². The minimum atomic E-state index is -3.44. The summed E-state index contributed by atoms with van der Waals surface area (Å²) in [6.07, 6.45) is 0. The van der Waals surface area contributed by atoms with Crippen LogP contribution in [0.15, 0.2) is 65.6 Å². The quantitative estimate of drug-likeness (QED) is 0.800. The minimum absolute atomic E-state index is 0. The number of rotatable bonds is 6. The molecule has 0 aromatic heterocycles. The van der Waals surface area contributed by atoms with Crippen molar-refractivity contribution >= 4 is 22.4 Å². The van der Waals surface area contributed by atoms with Crippen molar-refractivity contribution < 1.29 is 8.42 Å². The highest BCUT2D eigenvalue weighted by Gasteiger charge is 2.30. The summed E-state index contributed by atoms with van der Waals surface area (Å²) in [7, 11) is -3.44. The molecule has 1 aliphatic heterocycles. The maximum Gasteiger partial charge on any atom is 0.240 e. The van der Waals surface area contributed by atoms with Crippen molar-refractivity contribution in [3.8, 4) is 0 Å². The lowest BCUT2D eigenvalue weighted by molar-refractivity contribution is 0.336. The van der Waals surface area contributed by atoms with Gasteiger partial charge in [-0.25, -0.2) is 13.1 Å². The van der Waals surface area contributed by atoms with Crippen LogP contribution >= 0.6 is 12.4 Å². The van der Waals surface area contributed by atoms with Crippen molar-refractivity contribution in [3.05, 3.63) is 66.2 Å². The van der Waals surface area contributed by atoms with Crippen molar-refractivity contribution in [3.63, 3.8) is 0 Å². The molecule has 3 rings (SSSR count). The predicted octanol–water partition coefficient (Wildman–Crippen LogP) is 1.81. The van der Waals surface area contributed by atoms with E-state index < -0.39 is 10.0 Å². The van der Waals surface area contributed by atoms with Crippen LogP contribution < -0.4 is 10.5 Å². The molecule has 0 unspecified atom stereocenters. The molecule has 136 valence electrons. The number of likely N-dealkylation sites (tertiary alicyclic amines) is 1. The lowest BCUT2D eigenvalue weighted by Crippen LogP contribution is -2.35. The molecule has 0 aliphatic carbocycles. The first kappa shape index (κ1) is 19.9. The molecule has 7 heteroatoms. The van der Waals surface area contributed by atoms with Gasteiger partial charge in [-0.3, -0.25) is 4.90 Å². The lowest BCUT2D eigenvalue weighted by Gasteiger charge is -2.16. The zero-order valence-electron chi connectivity index (χ0n) is 13.9. The van der Waals surface area contributed by atoms with Crippen molar-refractivity contribution in [1.29, 1.82) is 0 Å². The van der Waals surface area contributed by atoms with Crippen molar-refractivity contribution in [2.24, 2.45) is 5.73 Å². The van der Waals surface area contributed by atoms with Crippen LogP contribution in [-0.2, 0) is 10.0 Å². The van der Waals surface area contributed by atoms with Gasteiger partial charge in [0.1, 0.15) is 0 Å². The number of halogens is 1. The molecule has 2 atom stereocenters. The van der Waals surface area contributed by atoms with Crippen LogP contribution in [0, 0.1) is 0 Å². The first-order chi connectivity index (χ1) is 11.6. The van der Waals surface area contributed by atoms with E-state index in [1.165, 1.54) is 5.56 Å². The third kappa shape index (κ3) is 5.03. The summed E-state index contributed by atoms with van der Waals surface area (Å²) >= 11 is 0. The number of hydrogen-bond acceptors (Lipinski definition) is 4. The topological polar surface area (TPSA) is 75.4 Å². The zero-order chi connectivity index (χ0) is 17.0. The SMILES string of the molecule is Cl.N[C@@H]1CN(CCNS(=O)(=O)c2ccccc2)C[C@H]1c1ccccc1. The number of hydrogen-bond donors (Lipinski definition) is 2. The second-order valence-corrected chi connectivity index (χ2v) is 7.92. The van der Waals surface area contributed by atoms with E-state index in [1.54, 1.807) is 30.3 Å². The van der Waals surface area contributed by atoms with Gasteiger partial charge in [-0.2, -0.15) is 0 Å². The Labute approximate surface area is 155 Å². The highest BCUT2D eigenvalue weighted by molar-refractivity contribution is 7.89. The highest BCUT2D eigenvalue weighted by atomic mass is 35.5. The summed E-state index contributed by atoms with van der Waals surface area (Å²) in [6, 6.07) is 18.8. The zero-order valence-corrected chi connectivity index (χ0v) is 15.5. The molecule has 0 radical (unpaired) electrons. The molecular formula is C18H24ClN3O2S. The van der Waals surface area contributed by atoms with Gasteiger partial charge in [0, 0.05) is 38.1 Å². The number of sulfonamides is 1. The lowest BCUT2D eigenvalue weighted by atomic mass is 9.95. The summed E-state index contributed by atoms with van der Waals surface area (Å²) < 4.78 is 27.1. The van der Waals surface area contributed by atoms with Gasteiger partial charge in [0.15, 0.2) is 0 Å². The van der Waals surface area contributed by atoms with Crippen LogP contribution in [0.25, 0.3) is 0 Å². The molecule has 1 heterocycles. The fraction of sp³-hybridized carbons (Fsp3) is 0.333. The van der Waals surface area contributed by atoms with Gasteiger partial charge in [0.05, 0.1) is 4.90 Å². The Kier molecular flexibility index (Phi) is 6.98.